The number of aromatic carboxylic acids is 1. The maximum atomic E-state index is 11.9. The Hall–Kier alpha value is -3.27. The van der Waals surface area contributed by atoms with Crippen molar-refractivity contribution in [2.75, 3.05) is 10.5 Å². The summed E-state index contributed by atoms with van der Waals surface area (Å²) in [6.07, 6.45) is 3.50. The number of nitrogens with one attached hydrogen (secondary N) is 1. The number of nitrogens with zero attached hydrogens (tertiary/aromatic N) is 4. The van der Waals surface area contributed by atoms with Crippen LogP contribution in [-0.4, -0.2) is 45.2 Å². The summed E-state index contributed by atoms with van der Waals surface area (Å²) in [7, 11) is -3.40. The van der Waals surface area contributed by atoms with Crippen molar-refractivity contribution in [2.45, 2.75) is 13.3 Å². The summed E-state index contributed by atoms with van der Waals surface area (Å²) in [6, 6.07) is 9.52. The van der Waals surface area contributed by atoms with Gasteiger partial charge in [-0.15, -0.1) is 5.10 Å². The highest BCUT2D eigenvalue weighted by molar-refractivity contribution is 7.92. The quantitative estimate of drug-likeness (QED) is 0.636. The third kappa shape index (κ3) is 4.47. The van der Waals surface area contributed by atoms with Crippen molar-refractivity contribution < 1.29 is 18.3 Å². The van der Waals surface area contributed by atoms with Crippen LogP contribution in [0.2, 0.25) is 0 Å². The number of pyridine rings is 1. The molecule has 2 aromatic heterocycles. The van der Waals surface area contributed by atoms with Gasteiger partial charge >= 0.3 is 5.97 Å². The van der Waals surface area contributed by atoms with Crippen LogP contribution in [0.25, 0.3) is 17.1 Å². The van der Waals surface area contributed by atoms with Crippen LogP contribution in [0.4, 0.5) is 5.69 Å². The molecule has 0 aliphatic rings. The molecule has 2 N–H and O–H groups in total. The Morgan fingerprint density at radius 2 is 2.04 bits per heavy atom. The lowest BCUT2D eigenvalue weighted by molar-refractivity contribution is 0.0696. The number of aromatic nitrogens is 4. The molecule has 0 fully saturated rings. The minimum absolute atomic E-state index is 0.0380. The molecule has 3 aromatic rings. The molecule has 2 heterocycles. The maximum absolute atomic E-state index is 11.9. The van der Waals surface area contributed by atoms with Gasteiger partial charge in [0.15, 0.2) is 0 Å². The number of anilines is 1. The average molecular weight is 387 g/mol. The van der Waals surface area contributed by atoms with Crippen molar-refractivity contribution >= 4 is 21.7 Å². The normalized spacial score (nSPS) is 11.3. The highest BCUT2D eigenvalue weighted by Gasteiger charge is 2.12. The standard InChI is InChI=1S/C17H17N5O4S/c1-2-8-27(25,26)20-13-4-3-5-14(10-13)22-11-16(19-21-22)15-9-12(17(23)24)6-7-18-15/h3-7,9-11,20H,2,8H2,1H3,(H,23,24). The van der Waals surface area contributed by atoms with Gasteiger partial charge in [-0.25, -0.2) is 17.9 Å². The molecule has 0 radical (unpaired) electrons. The molecular formula is C17H17N5O4S. The minimum Gasteiger partial charge on any atom is -0.478 e. The fourth-order valence-corrected chi connectivity index (χ4v) is 3.55. The zero-order valence-corrected chi connectivity index (χ0v) is 15.2. The first-order valence-electron chi connectivity index (χ1n) is 8.11. The van der Waals surface area contributed by atoms with E-state index in [-0.39, 0.29) is 11.3 Å². The van der Waals surface area contributed by atoms with E-state index in [2.05, 4.69) is 20.0 Å². The van der Waals surface area contributed by atoms with E-state index in [0.29, 0.717) is 29.2 Å². The van der Waals surface area contributed by atoms with Crippen molar-refractivity contribution in [1.29, 1.82) is 0 Å². The van der Waals surface area contributed by atoms with Crippen LogP contribution in [0, 0.1) is 0 Å². The molecule has 1 aromatic carbocycles. The number of carbonyl (C=O) groups is 1. The van der Waals surface area contributed by atoms with E-state index in [4.69, 9.17) is 5.11 Å². The highest BCUT2D eigenvalue weighted by atomic mass is 32.2. The van der Waals surface area contributed by atoms with E-state index >= 15 is 0 Å². The summed E-state index contributed by atoms with van der Waals surface area (Å²) < 4.78 is 27.8. The minimum atomic E-state index is -3.40. The van der Waals surface area contributed by atoms with Gasteiger partial charge in [0.25, 0.3) is 0 Å². The molecule has 0 unspecified atom stereocenters. The molecule has 3 rings (SSSR count). The summed E-state index contributed by atoms with van der Waals surface area (Å²) in [5.41, 5.74) is 1.89. The fraction of sp³-hybridized carbons (Fsp3) is 0.176. The van der Waals surface area contributed by atoms with Gasteiger partial charge in [-0.3, -0.25) is 9.71 Å². The van der Waals surface area contributed by atoms with Gasteiger partial charge in [0, 0.05) is 6.20 Å². The summed E-state index contributed by atoms with van der Waals surface area (Å²) in [5, 5.41) is 17.1. The first-order valence-corrected chi connectivity index (χ1v) is 9.76. The van der Waals surface area contributed by atoms with Crippen molar-refractivity contribution in [2.24, 2.45) is 0 Å². The third-order valence-corrected chi connectivity index (χ3v) is 5.11. The summed E-state index contributed by atoms with van der Waals surface area (Å²) >= 11 is 0. The van der Waals surface area contributed by atoms with Crippen LogP contribution in [0.15, 0.2) is 48.8 Å². The number of benzene rings is 1. The van der Waals surface area contributed by atoms with Gasteiger partial charge in [0.1, 0.15) is 5.69 Å². The smallest absolute Gasteiger partial charge is 0.335 e. The first-order chi connectivity index (χ1) is 12.9. The molecule has 0 aliphatic carbocycles. The molecule has 10 heteroatoms. The fourth-order valence-electron chi connectivity index (χ4n) is 2.42. The van der Waals surface area contributed by atoms with Crippen molar-refractivity contribution in [3.63, 3.8) is 0 Å². The van der Waals surface area contributed by atoms with Crippen LogP contribution < -0.4 is 4.72 Å². The second-order valence-corrected chi connectivity index (χ2v) is 7.60. The second-order valence-electron chi connectivity index (χ2n) is 5.75. The predicted octanol–water partition coefficient (Wildman–Crippen LogP) is 2.18. The van der Waals surface area contributed by atoms with E-state index in [1.807, 2.05) is 0 Å². The van der Waals surface area contributed by atoms with E-state index in [1.165, 1.54) is 23.0 Å². The van der Waals surface area contributed by atoms with Crippen molar-refractivity contribution in [3.05, 3.63) is 54.4 Å². The Morgan fingerprint density at radius 3 is 2.78 bits per heavy atom. The number of hydrogen-bond acceptors (Lipinski definition) is 6. The van der Waals surface area contributed by atoms with E-state index in [0.717, 1.165) is 0 Å². The third-order valence-electron chi connectivity index (χ3n) is 3.62. The van der Waals surface area contributed by atoms with Crippen LogP contribution in [0.3, 0.4) is 0 Å². The molecule has 0 amide bonds. The Kier molecular flexibility index (Phi) is 5.17. The molecular weight excluding hydrogens is 370 g/mol. The number of carboxylic acids is 1. The zero-order chi connectivity index (χ0) is 19.4. The lowest BCUT2D eigenvalue weighted by atomic mass is 10.2. The monoisotopic (exact) mass is 387 g/mol. The van der Waals surface area contributed by atoms with Crippen LogP contribution in [0.5, 0.6) is 0 Å². The first kappa shape index (κ1) is 18.5. The van der Waals surface area contributed by atoms with Crippen LogP contribution >= 0.6 is 0 Å². The summed E-state index contributed by atoms with van der Waals surface area (Å²) in [6.45, 7) is 1.79. The number of carboxylic acid groups (broad SMARTS) is 1. The molecule has 0 bridgehead atoms. The van der Waals surface area contributed by atoms with Crippen LogP contribution in [0.1, 0.15) is 23.7 Å². The van der Waals surface area contributed by atoms with Gasteiger partial charge in [-0.05, 0) is 36.8 Å². The highest BCUT2D eigenvalue weighted by Crippen LogP contribution is 2.19. The van der Waals surface area contributed by atoms with Gasteiger partial charge in [-0.2, -0.15) is 0 Å². The SMILES string of the molecule is CCCS(=O)(=O)Nc1cccc(-n2cc(-c3cc(C(=O)O)ccn3)nn2)c1. The molecule has 0 aliphatic heterocycles. The largest absolute Gasteiger partial charge is 0.478 e. The van der Waals surface area contributed by atoms with Gasteiger partial charge < -0.3 is 5.11 Å². The molecule has 0 spiro atoms. The second kappa shape index (κ2) is 7.54. The Labute approximate surface area is 155 Å². The van der Waals surface area contributed by atoms with E-state index in [1.54, 1.807) is 37.4 Å². The molecule has 0 atom stereocenters. The van der Waals surface area contributed by atoms with Gasteiger partial charge in [-0.1, -0.05) is 18.2 Å². The van der Waals surface area contributed by atoms with Crippen molar-refractivity contribution in [3.8, 4) is 17.1 Å². The lowest BCUT2D eigenvalue weighted by Crippen LogP contribution is -2.16. The summed E-state index contributed by atoms with van der Waals surface area (Å²) in [4.78, 5) is 15.2. The maximum Gasteiger partial charge on any atom is 0.335 e. The van der Waals surface area contributed by atoms with Gasteiger partial charge in [0.05, 0.1) is 34.6 Å². The number of hydrogen-bond donors (Lipinski definition) is 2. The molecule has 9 nitrogen and oxygen atoms in total. The summed E-state index contributed by atoms with van der Waals surface area (Å²) in [5.74, 6) is -1.02. The molecule has 140 valence electrons. The molecule has 0 saturated carbocycles. The molecule has 27 heavy (non-hydrogen) atoms. The zero-order valence-electron chi connectivity index (χ0n) is 14.4. The van der Waals surface area contributed by atoms with Crippen molar-refractivity contribution in [1.82, 2.24) is 20.0 Å². The predicted molar refractivity (Wildman–Crippen MR) is 99.2 cm³/mol. The van der Waals surface area contributed by atoms with Crippen LogP contribution in [-0.2, 0) is 10.0 Å². The Morgan fingerprint density at radius 1 is 1.22 bits per heavy atom. The Bertz CT molecular complexity index is 1080. The van der Waals surface area contributed by atoms with Gasteiger partial charge in [0.2, 0.25) is 10.0 Å². The topological polar surface area (TPSA) is 127 Å². The van der Waals surface area contributed by atoms with E-state index in [9.17, 15) is 13.2 Å². The average Bonchev–Trinajstić information content (AvgIpc) is 3.12. The van der Waals surface area contributed by atoms with E-state index < -0.39 is 16.0 Å². The number of rotatable bonds is 7. The molecule has 0 saturated heterocycles. The Balaban J connectivity index is 1.88. The number of sulfonamides is 1. The lowest BCUT2D eigenvalue weighted by Gasteiger charge is -2.08.